The van der Waals surface area contributed by atoms with Crippen LogP contribution in [0.3, 0.4) is 0 Å². The number of nitrogens with one attached hydrogen (secondary N) is 3. The summed E-state index contributed by atoms with van der Waals surface area (Å²) in [5, 5.41) is 5.61. The van der Waals surface area contributed by atoms with Crippen molar-refractivity contribution in [1.29, 1.82) is 0 Å². The van der Waals surface area contributed by atoms with Crippen LogP contribution in [0.5, 0.6) is 0 Å². The Kier molecular flexibility index (Phi) is 3.45. The molecule has 2 rings (SSSR count). The minimum atomic E-state index is -0.324. The number of benzene rings is 1. The Morgan fingerprint density at radius 1 is 1.50 bits per heavy atom. The fraction of sp³-hybridized carbons (Fsp3) is 0.333. The van der Waals surface area contributed by atoms with Crippen LogP contribution in [0.4, 0.5) is 10.3 Å². The summed E-state index contributed by atoms with van der Waals surface area (Å²) >= 11 is 0. The first-order valence-electron chi connectivity index (χ1n) is 5.73. The number of H-pyrrole nitrogens is 1. The highest BCUT2D eigenvalue weighted by atomic mass is 19.1. The topological polar surface area (TPSA) is 69.8 Å². The summed E-state index contributed by atoms with van der Waals surface area (Å²) in [5.41, 5.74) is 1.25. The number of aromatic amines is 1. The van der Waals surface area contributed by atoms with Gasteiger partial charge in [0.05, 0.1) is 17.6 Å². The summed E-state index contributed by atoms with van der Waals surface area (Å²) in [7, 11) is 0. The van der Waals surface area contributed by atoms with Crippen molar-refractivity contribution < 1.29 is 9.18 Å². The summed E-state index contributed by atoms with van der Waals surface area (Å²) in [4.78, 5) is 18.5. The molecule has 0 aliphatic rings. The van der Waals surface area contributed by atoms with Crippen molar-refractivity contribution in [2.45, 2.75) is 19.9 Å². The minimum Gasteiger partial charge on any atom is -0.352 e. The number of halogens is 1. The third-order valence-corrected chi connectivity index (χ3v) is 2.31. The monoisotopic (exact) mass is 250 g/mol. The smallest absolute Gasteiger partial charge is 0.239 e. The van der Waals surface area contributed by atoms with Gasteiger partial charge in [0.2, 0.25) is 11.9 Å². The van der Waals surface area contributed by atoms with Gasteiger partial charge in [-0.05, 0) is 32.0 Å². The maximum atomic E-state index is 13.0. The van der Waals surface area contributed by atoms with E-state index >= 15 is 0 Å². The molecule has 6 heteroatoms. The molecule has 1 aromatic heterocycles. The number of carbonyl (C=O) groups is 1. The first kappa shape index (κ1) is 12.3. The standard InChI is InChI=1S/C12H15FN4O/c1-7(2)15-11(18)6-14-12-16-9-4-3-8(13)5-10(9)17-12/h3-5,7H,6H2,1-2H3,(H,15,18)(H2,14,16,17). The summed E-state index contributed by atoms with van der Waals surface area (Å²) in [5.74, 6) is 0.0152. The molecule has 0 radical (unpaired) electrons. The lowest BCUT2D eigenvalue weighted by molar-refractivity contribution is -0.119. The lowest BCUT2D eigenvalue weighted by atomic mass is 10.3. The van der Waals surface area contributed by atoms with E-state index in [-0.39, 0.29) is 24.3 Å². The second-order valence-corrected chi connectivity index (χ2v) is 4.32. The molecule has 1 heterocycles. The van der Waals surface area contributed by atoms with E-state index in [2.05, 4.69) is 20.6 Å². The Hall–Kier alpha value is -2.11. The van der Waals surface area contributed by atoms with E-state index in [0.717, 1.165) is 0 Å². The van der Waals surface area contributed by atoms with Gasteiger partial charge in [0.25, 0.3) is 0 Å². The van der Waals surface area contributed by atoms with Crippen LogP contribution < -0.4 is 10.6 Å². The molecule has 2 aromatic rings. The Balaban J connectivity index is 2.02. The van der Waals surface area contributed by atoms with Gasteiger partial charge in [0, 0.05) is 6.04 Å². The maximum Gasteiger partial charge on any atom is 0.239 e. The molecule has 1 aromatic carbocycles. The van der Waals surface area contributed by atoms with Crippen LogP contribution in [-0.2, 0) is 4.79 Å². The van der Waals surface area contributed by atoms with E-state index in [0.29, 0.717) is 17.0 Å². The predicted molar refractivity (Wildman–Crippen MR) is 67.8 cm³/mol. The highest BCUT2D eigenvalue weighted by molar-refractivity contribution is 5.82. The number of rotatable bonds is 4. The van der Waals surface area contributed by atoms with E-state index in [4.69, 9.17) is 0 Å². The maximum absolute atomic E-state index is 13.0. The molecular formula is C12H15FN4O. The SMILES string of the molecule is CC(C)NC(=O)CNc1nc2ccc(F)cc2[nH]1. The van der Waals surface area contributed by atoms with Gasteiger partial charge >= 0.3 is 0 Å². The largest absolute Gasteiger partial charge is 0.352 e. The van der Waals surface area contributed by atoms with Gasteiger partial charge in [-0.2, -0.15) is 0 Å². The van der Waals surface area contributed by atoms with Crippen LogP contribution in [0, 0.1) is 5.82 Å². The molecule has 1 amide bonds. The third kappa shape index (κ3) is 2.97. The molecule has 0 fully saturated rings. The van der Waals surface area contributed by atoms with Crippen molar-refractivity contribution in [3.63, 3.8) is 0 Å². The van der Waals surface area contributed by atoms with Crippen molar-refractivity contribution in [3.8, 4) is 0 Å². The number of hydrogen-bond donors (Lipinski definition) is 3. The van der Waals surface area contributed by atoms with E-state index < -0.39 is 0 Å². The number of carbonyl (C=O) groups excluding carboxylic acids is 1. The Bertz CT molecular complexity index is 564. The number of imidazole rings is 1. The zero-order valence-corrected chi connectivity index (χ0v) is 10.2. The van der Waals surface area contributed by atoms with Gasteiger partial charge in [-0.1, -0.05) is 0 Å². The van der Waals surface area contributed by atoms with Crippen LogP contribution in [0.15, 0.2) is 18.2 Å². The quantitative estimate of drug-likeness (QED) is 0.772. The molecular weight excluding hydrogens is 235 g/mol. The second-order valence-electron chi connectivity index (χ2n) is 4.32. The fourth-order valence-electron chi connectivity index (χ4n) is 1.60. The molecule has 0 spiro atoms. The van der Waals surface area contributed by atoms with Crippen LogP contribution >= 0.6 is 0 Å². The molecule has 0 saturated heterocycles. The average Bonchev–Trinajstić information content (AvgIpc) is 2.67. The lowest BCUT2D eigenvalue weighted by Gasteiger charge is -2.08. The van der Waals surface area contributed by atoms with E-state index in [1.165, 1.54) is 12.1 Å². The Morgan fingerprint density at radius 3 is 3.00 bits per heavy atom. The van der Waals surface area contributed by atoms with Crippen molar-refractivity contribution in [3.05, 3.63) is 24.0 Å². The van der Waals surface area contributed by atoms with Crippen LogP contribution in [-0.4, -0.2) is 28.5 Å². The third-order valence-electron chi connectivity index (χ3n) is 2.31. The minimum absolute atomic E-state index is 0.101. The molecule has 3 N–H and O–H groups in total. The van der Waals surface area contributed by atoms with Crippen LogP contribution in [0.1, 0.15) is 13.8 Å². The predicted octanol–water partition coefficient (Wildman–Crippen LogP) is 1.64. The molecule has 18 heavy (non-hydrogen) atoms. The normalized spacial score (nSPS) is 10.9. The second kappa shape index (κ2) is 5.03. The van der Waals surface area contributed by atoms with Crippen LogP contribution in [0.25, 0.3) is 11.0 Å². The number of amides is 1. The number of anilines is 1. The molecule has 0 saturated carbocycles. The Morgan fingerprint density at radius 2 is 2.28 bits per heavy atom. The molecule has 0 aliphatic heterocycles. The summed E-state index contributed by atoms with van der Waals surface area (Å²) in [6.07, 6.45) is 0. The first-order chi connectivity index (χ1) is 8.54. The van der Waals surface area contributed by atoms with Gasteiger partial charge in [0.1, 0.15) is 5.82 Å². The zero-order chi connectivity index (χ0) is 13.1. The van der Waals surface area contributed by atoms with Crippen LogP contribution in [0.2, 0.25) is 0 Å². The summed E-state index contributed by atoms with van der Waals surface area (Å²) < 4.78 is 13.0. The number of hydrogen-bond acceptors (Lipinski definition) is 3. The summed E-state index contributed by atoms with van der Waals surface area (Å²) in [6, 6.07) is 4.39. The first-order valence-corrected chi connectivity index (χ1v) is 5.73. The highest BCUT2D eigenvalue weighted by Gasteiger charge is 2.06. The summed E-state index contributed by atoms with van der Waals surface area (Å²) in [6.45, 7) is 3.91. The number of fused-ring (bicyclic) bond motifs is 1. The highest BCUT2D eigenvalue weighted by Crippen LogP contribution is 2.14. The molecule has 0 atom stereocenters. The van der Waals surface area contributed by atoms with E-state index in [9.17, 15) is 9.18 Å². The molecule has 96 valence electrons. The van der Waals surface area contributed by atoms with Gasteiger partial charge < -0.3 is 15.6 Å². The van der Waals surface area contributed by atoms with Crippen molar-refractivity contribution in [2.75, 3.05) is 11.9 Å². The van der Waals surface area contributed by atoms with Gasteiger partial charge in [-0.3, -0.25) is 4.79 Å². The van der Waals surface area contributed by atoms with E-state index in [1.54, 1.807) is 6.07 Å². The molecule has 0 unspecified atom stereocenters. The average molecular weight is 250 g/mol. The molecule has 0 aliphatic carbocycles. The van der Waals surface area contributed by atoms with E-state index in [1.807, 2.05) is 13.8 Å². The van der Waals surface area contributed by atoms with Gasteiger partial charge in [0.15, 0.2) is 0 Å². The van der Waals surface area contributed by atoms with Gasteiger partial charge in [-0.25, -0.2) is 9.37 Å². The fourth-order valence-corrected chi connectivity index (χ4v) is 1.60. The lowest BCUT2D eigenvalue weighted by Crippen LogP contribution is -2.34. The Labute approximate surface area is 104 Å². The van der Waals surface area contributed by atoms with Crippen molar-refractivity contribution in [1.82, 2.24) is 15.3 Å². The molecule has 5 nitrogen and oxygen atoms in total. The van der Waals surface area contributed by atoms with Crippen molar-refractivity contribution >= 4 is 22.9 Å². The zero-order valence-electron chi connectivity index (χ0n) is 10.2. The number of aromatic nitrogens is 2. The van der Waals surface area contributed by atoms with Crippen molar-refractivity contribution in [2.24, 2.45) is 0 Å². The molecule has 0 bridgehead atoms. The number of nitrogens with zero attached hydrogens (tertiary/aromatic N) is 1. The van der Waals surface area contributed by atoms with Gasteiger partial charge in [-0.15, -0.1) is 0 Å².